The molecule has 0 atom stereocenters. The lowest BCUT2D eigenvalue weighted by Crippen LogP contribution is -2.58. The Morgan fingerprint density at radius 3 is 2.53 bits per heavy atom. The van der Waals surface area contributed by atoms with Crippen LogP contribution in [0.2, 0.25) is 0 Å². The standard InChI is InChI=1S/C24H27F3N4O5/c25-24(26,27)35-18-5-3-17(4-6-18)29-20(32)14-30-11-12-34-23(15-30)7-9-31(10-8-23)22(33)19-13-28-36-21(19)16-1-2-16/h3-6,13,16H,1-2,7-12,14-15H2,(H,29,32). The van der Waals surface area contributed by atoms with Crippen molar-refractivity contribution in [1.82, 2.24) is 15.0 Å². The van der Waals surface area contributed by atoms with Crippen LogP contribution < -0.4 is 10.1 Å². The Kier molecular flexibility index (Phi) is 6.64. The molecule has 3 aliphatic rings. The number of piperidine rings is 1. The topological polar surface area (TPSA) is 97.1 Å². The van der Waals surface area contributed by atoms with Gasteiger partial charge >= 0.3 is 6.36 Å². The number of nitrogens with one attached hydrogen (secondary N) is 1. The third-order valence-electron chi connectivity index (χ3n) is 6.81. The first kappa shape index (κ1) is 24.6. The van der Waals surface area contributed by atoms with E-state index in [1.165, 1.54) is 18.3 Å². The molecule has 1 saturated carbocycles. The van der Waals surface area contributed by atoms with Gasteiger partial charge in [-0.15, -0.1) is 13.2 Å². The second-order valence-corrected chi connectivity index (χ2v) is 9.53. The molecule has 5 rings (SSSR count). The molecule has 3 heterocycles. The van der Waals surface area contributed by atoms with Crippen LogP contribution in [0, 0.1) is 0 Å². The number of anilines is 1. The molecule has 1 aromatic heterocycles. The minimum atomic E-state index is -4.77. The normalized spacial score (nSPS) is 20.4. The SMILES string of the molecule is O=C(CN1CCOC2(CCN(C(=O)c3cnoc3C3CC3)CC2)C1)Nc1ccc(OC(F)(F)F)cc1. The highest BCUT2D eigenvalue weighted by atomic mass is 19.4. The fraction of sp³-hybridized carbons (Fsp3) is 0.542. The molecule has 36 heavy (non-hydrogen) atoms. The van der Waals surface area contributed by atoms with E-state index in [1.807, 2.05) is 9.80 Å². The number of rotatable bonds is 6. The molecule has 2 amide bonds. The fourth-order valence-corrected chi connectivity index (χ4v) is 4.84. The fourth-order valence-electron chi connectivity index (χ4n) is 4.84. The zero-order valence-electron chi connectivity index (χ0n) is 19.6. The number of hydrogen-bond donors (Lipinski definition) is 1. The van der Waals surface area contributed by atoms with Gasteiger partial charge in [-0.2, -0.15) is 0 Å². The van der Waals surface area contributed by atoms with E-state index in [1.54, 1.807) is 0 Å². The van der Waals surface area contributed by atoms with Crippen molar-refractivity contribution in [2.75, 3.05) is 44.6 Å². The smallest absolute Gasteiger partial charge is 0.406 e. The van der Waals surface area contributed by atoms with Crippen molar-refractivity contribution < 1.29 is 36.8 Å². The highest BCUT2D eigenvalue weighted by Crippen LogP contribution is 2.42. The second-order valence-electron chi connectivity index (χ2n) is 9.53. The van der Waals surface area contributed by atoms with Crippen LogP contribution in [0.25, 0.3) is 0 Å². The molecule has 1 spiro atoms. The van der Waals surface area contributed by atoms with E-state index < -0.39 is 12.0 Å². The number of nitrogens with zero attached hydrogens (tertiary/aromatic N) is 3. The van der Waals surface area contributed by atoms with Gasteiger partial charge in [-0.3, -0.25) is 14.5 Å². The number of alkyl halides is 3. The van der Waals surface area contributed by atoms with Gasteiger partial charge < -0.3 is 24.2 Å². The average molecular weight is 508 g/mol. The Morgan fingerprint density at radius 2 is 1.86 bits per heavy atom. The van der Waals surface area contributed by atoms with Crippen LogP contribution in [0.15, 0.2) is 35.0 Å². The molecule has 3 fully saturated rings. The summed E-state index contributed by atoms with van der Waals surface area (Å²) >= 11 is 0. The summed E-state index contributed by atoms with van der Waals surface area (Å²) in [4.78, 5) is 29.4. The average Bonchev–Trinajstić information content (AvgIpc) is 3.55. The molecule has 12 heteroatoms. The predicted octanol–water partition coefficient (Wildman–Crippen LogP) is 3.40. The summed E-state index contributed by atoms with van der Waals surface area (Å²) in [7, 11) is 0. The van der Waals surface area contributed by atoms with Crippen molar-refractivity contribution in [3.8, 4) is 5.75 Å². The molecular formula is C24H27F3N4O5. The highest BCUT2D eigenvalue weighted by Gasteiger charge is 2.42. The Balaban J connectivity index is 1.11. The van der Waals surface area contributed by atoms with Crippen LogP contribution >= 0.6 is 0 Å². The molecule has 2 aliphatic heterocycles. The summed E-state index contributed by atoms with van der Waals surface area (Å²) in [6.07, 6.45) is 0.0928. The number of aromatic nitrogens is 1. The van der Waals surface area contributed by atoms with Crippen LogP contribution in [0.4, 0.5) is 18.9 Å². The maximum atomic E-state index is 13.0. The van der Waals surface area contributed by atoms with Gasteiger partial charge in [0, 0.05) is 37.8 Å². The van der Waals surface area contributed by atoms with Crippen LogP contribution in [0.1, 0.15) is 47.7 Å². The van der Waals surface area contributed by atoms with Crippen molar-refractivity contribution in [2.45, 2.75) is 43.6 Å². The Hall–Kier alpha value is -3.12. The van der Waals surface area contributed by atoms with Gasteiger partial charge in [0.2, 0.25) is 5.91 Å². The molecule has 0 unspecified atom stereocenters. The van der Waals surface area contributed by atoms with Gasteiger partial charge in [0.15, 0.2) is 5.76 Å². The zero-order chi connectivity index (χ0) is 25.3. The van der Waals surface area contributed by atoms with Gasteiger partial charge in [-0.25, -0.2) is 0 Å². The maximum Gasteiger partial charge on any atom is 0.573 e. The van der Waals surface area contributed by atoms with Crippen molar-refractivity contribution in [2.24, 2.45) is 0 Å². The number of likely N-dealkylation sites (tertiary alicyclic amines) is 1. The number of amides is 2. The van der Waals surface area contributed by atoms with Crippen LogP contribution in [-0.4, -0.2) is 78.1 Å². The number of ether oxygens (including phenoxy) is 2. The summed E-state index contributed by atoms with van der Waals surface area (Å²) in [6.45, 7) is 2.83. The van der Waals surface area contributed by atoms with Crippen molar-refractivity contribution in [1.29, 1.82) is 0 Å². The van der Waals surface area contributed by atoms with E-state index in [2.05, 4.69) is 15.2 Å². The first-order valence-electron chi connectivity index (χ1n) is 12.0. The largest absolute Gasteiger partial charge is 0.573 e. The first-order valence-corrected chi connectivity index (χ1v) is 12.0. The summed E-state index contributed by atoms with van der Waals surface area (Å²) in [5, 5.41) is 6.53. The molecule has 194 valence electrons. The molecule has 1 N–H and O–H groups in total. The highest BCUT2D eigenvalue weighted by molar-refractivity contribution is 5.95. The second kappa shape index (κ2) is 9.74. The van der Waals surface area contributed by atoms with Crippen molar-refractivity contribution in [3.63, 3.8) is 0 Å². The Morgan fingerprint density at radius 1 is 1.14 bits per heavy atom. The molecule has 1 aliphatic carbocycles. The zero-order valence-corrected chi connectivity index (χ0v) is 19.6. The number of morpholine rings is 1. The van der Waals surface area contributed by atoms with E-state index >= 15 is 0 Å². The Bertz CT molecular complexity index is 1090. The third kappa shape index (κ3) is 5.81. The predicted molar refractivity (Wildman–Crippen MR) is 120 cm³/mol. The van der Waals surface area contributed by atoms with Gasteiger partial charge in [0.25, 0.3) is 5.91 Å². The van der Waals surface area contributed by atoms with Gasteiger partial charge in [-0.05, 0) is 49.9 Å². The van der Waals surface area contributed by atoms with E-state index in [0.29, 0.717) is 68.6 Å². The monoisotopic (exact) mass is 508 g/mol. The third-order valence-corrected chi connectivity index (χ3v) is 6.81. The number of benzene rings is 1. The van der Waals surface area contributed by atoms with E-state index in [4.69, 9.17) is 9.26 Å². The molecule has 9 nitrogen and oxygen atoms in total. The number of hydrogen-bond acceptors (Lipinski definition) is 7. The van der Waals surface area contributed by atoms with E-state index in [-0.39, 0.29) is 24.1 Å². The lowest BCUT2D eigenvalue weighted by molar-refractivity contribution is -0.274. The van der Waals surface area contributed by atoms with Crippen LogP contribution in [0.5, 0.6) is 5.75 Å². The molecule has 2 aromatic rings. The molecule has 2 saturated heterocycles. The van der Waals surface area contributed by atoms with Crippen molar-refractivity contribution in [3.05, 3.63) is 41.8 Å². The lowest BCUT2D eigenvalue weighted by atomic mass is 9.89. The van der Waals surface area contributed by atoms with Crippen LogP contribution in [0.3, 0.4) is 0 Å². The summed E-state index contributed by atoms with van der Waals surface area (Å²) in [5.74, 6) is 0.299. The van der Waals surface area contributed by atoms with E-state index in [9.17, 15) is 22.8 Å². The molecular weight excluding hydrogens is 481 g/mol. The first-order chi connectivity index (χ1) is 17.2. The number of halogens is 3. The van der Waals surface area contributed by atoms with Crippen molar-refractivity contribution >= 4 is 17.5 Å². The van der Waals surface area contributed by atoms with Crippen LogP contribution in [-0.2, 0) is 9.53 Å². The number of carbonyl (C=O) groups excluding carboxylic acids is 2. The summed E-state index contributed by atoms with van der Waals surface area (Å²) in [6, 6.07) is 5.01. The molecule has 0 bridgehead atoms. The minimum absolute atomic E-state index is 0.0632. The van der Waals surface area contributed by atoms with E-state index in [0.717, 1.165) is 25.0 Å². The minimum Gasteiger partial charge on any atom is -0.406 e. The van der Waals surface area contributed by atoms with Gasteiger partial charge in [-0.1, -0.05) is 5.16 Å². The lowest BCUT2D eigenvalue weighted by Gasteiger charge is -2.47. The summed E-state index contributed by atoms with van der Waals surface area (Å²) < 4.78 is 52.2. The Labute approximate surface area is 205 Å². The molecule has 0 radical (unpaired) electrons. The molecule has 1 aromatic carbocycles. The maximum absolute atomic E-state index is 13.0. The van der Waals surface area contributed by atoms with Gasteiger partial charge in [0.05, 0.1) is 24.9 Å². The van der Waals surface area contributed by atoms with Gasteiger partial charge in [0.1, 0.15) is 11.3 Å². The summed E-state index contributed by atoms with van der Waals surface area (Å²) in [5.41, 5.74) is 0.498. The number of carbonyl (C=O) groups is 2. The quantitative estimate of drug-likeness (QED) is 0.639.